The second kappa shape index (κ2) is 7.49. The van der Waals surface area contributed by atoms with E-state index in [-0.39, 0.29) is 18.0 Å². The van der Waals surface area contributed by atoms with E-state index in [4.69, 9.17) is 11.6 Å². The predicted octanol–water partition coefficient (Wildman–Crippen LogP) is 3.50. The Hall–Kier alpha value is -1.75. The molecule has 0 aromatic heterocycles. The third-order valence-electron chi connectivity index (χ3n) is 3.80. The van der Waals surface area contributed by atoms with Crippen LogP contribution < -0.4 is 10.6 Å². The number of urea groups is 1. The van der Waals surface area contributed by atoms with Gasteiger partial charge in [0, 0.05) is 25.8 Å². The Morgan fingerprint density at radius 2 is 1.86 bits per heavy atom. The minimum absolute atomic E-state index is 0.193. The molecule has 22 heavy (non-hydrogen) atoms. The van der Waals surface area contributed by atoms with Gasteiger partial charge in [0.25, 0.3) is 5.91 Å². The average molecular weight is 324 g/mol. The predicted molar refractivity (Wildman–Crippen MR) is 88.5 cm³/mol. The third kappa shape index (κ3) is 4.37. The molecule has 2 N–H and O–H groups in total. The smallest absolute Gasteiger partial charge is 0.319 e. The molecule has 1 aliphatic rings. The summed E-state index contributed by atoms with van der Waals surface area (Å²) in [6.45, 7) is 0. The maximum Gasteiger partial charge on any atom is 0.319 e. The van der Waals surface area contributed by atoms with Crippen molar-refractivity contribution in [2.45, 2.75) is 38.1 Å². The van der Waals surface area contributed by atoms with Gasteiger partial charge in [-0.05, 0) is 31.0 Å². The fourth-order valence-electron chi connectivity index (χ4n) is 2.61. The zero-order chi connectivity index (χ0) is 16.1. The standard InChI is InChI=1S/C16H22ClN3O2/c1-20(2)15(21)13-10-12(8-9-14(13)17)19-16(22)18-11-6-4-3-5-7-11/h8-11H,3-7H2,1-2H3,(H2,18,19,22). The zero-order valence-electron chi connectivity index (χ0n) is 13.0. The second-order valence-corrected chi connectivity index (χ2v) is 6.23. The second-order valence-electron chi connectivity index (χ2n) is 5.83. The van der Waals surface area contributed by atoms with E-state index >= 15 is 0 Å². The van der Waals surface area contributed by atoms with Gasteiger partial charge >= 0.3 is 6.03 Å². The first kappa shape index (κ1) is 16.6. The van der Waals surface area contributed by atoms with Crippen molar-refractivity contribution in [1.29, 1.82) is 0 Å². The number of rotatable bonds is 3. The highest BCUT2D eigenvalue weighted by atomic mass is 35.5. The van der Waals surface area contributed by atoms with Gasteiger partial charge in [0.2, 0.25) is 0 Å². The van der Waals surface area contributed by atoms with Gasteiger partial charge < -0.3 is 15.5 Å². The number of carbonyl (C=O) groups is 2. The van der Waals surface area contributed by atoms with Crippen LogP contribution in [0.15, 0.2) is 18.2 Å². The van der Waals surface area contributed by atoms with E-state index in [0.29, 0.717) is 16.3 Å². The number of carbonyl (C=O) groups excluding carboxylic acids is 2. The van der Waals surface area contributed by atoms with Crippen molar-refractivity contribution >= 4 is 29.2 Å². The molecule has 0 saturated heterocycles. The summed E-state index contributed by atoms with van der Waals surface area (Å²) in [7, 11) is 3.32. The molecule has 1 aromatic carbocycles. The highest BCUT2D eigenvalue weighted by Crippen LogP contribution is 2.22. The molecule has 0 bridgehead atoms. The fraction of sp³-hybridized carbons (Fsp3) is 0.500. The molecule has 2 rings (SSSR count). The molecule has 0 aliphatic heterocycles. The summed E-state index contributed by atoms with van der Waals surface area (Å²) in [5, 5.41) is 6.12. The molecule has 0 radical (unpaired) electrons. The molecule has 5 nitrogen and oxygen atoms in total. The van der Waals surface area contributed by atoms with Crippen LogP contribution in [0, 0.1) is 0 Å². The van der Waals surface area contributed by atoms with Gasteiger partial charge in [-0.1, -0.05) is 30.9 Å². The van der Waals surface area contributed by atoms with Crippen LogP contribution >= 0.6 is 11.6 Å². The third-order valence-corrected chi connectivity index (χ3v) is 4.13. The fourth-order valence-corrected chi connectivity index (χ4v) is 2.81. The monoisotopic (exact) mass is 323 g/mol. The average Bonchev–Trinajstić information content (AvgIpc) is 2.49. The SMILES string of the molecule is CN(C)C(=O)c1cc(NC(=O)NC2CCCCC2)ccc1Cl. The summed E-state index contributed by atoms with van der Waals surface area (Å²) in [6, 6.07) is 4.91. The minimum Gasteiger partial charge on any atom is -0.345 e. The Bertz CT molecular complexity index is 554. The van der Waals surface area contributed by atoms with Crippen LogP contribution in [-0.4, -0.2) is 37.0 Å². The van der Waals surface area contributed by atoms with Crippen molar-refractivity contribution < 1.29 is 9.59 Å². The lowest BCUT2D eigenvalue weighted by Crippen LogP contribution is -2.39. The van der Waals surface area contributed by atoms with E-state index in [1.165, 1.54) is 11.3 Å². The molecule has 1 aromatic rings. The summed E-state index contributed by atoms with van der Waals surface area (Å²) in [5.74, 6) is -0.193. The van der Waals surface area contributed by atoms with E-state index in [2.05, 4.69) is 10.6 Å². The molecule has 3 amide bonds. The summed E-state index contributed by atoms with van der Waals surface area (Å²) in [4.78, 5) is 25.5. The van der Waals surface area contributed by atoms with Crippen LogP contribution in [-0.2, 0) is 0 Å². The first-order chi connectivity index (χ1) is 10.5. The van der Waals surface area contributed by atoms with Crippen LogP contribution in [0.1, 0.15) is 42.5 Å². The number of benzene rings is 1. The quantitative estimate of drug-likeness (QED) is 0.894. The lowest BCUT2D eigenvalue weighted by molar-refractivity contribution is 0.0828. The van der Waals surface area contributed by atoms with Crippen LogP contribution in [0.2, 0.25) is 5.02 Å². The molecular weight excluding hydrogens is 302 g/mol. The first-order valence-electron chi connectivity index (χ1n) is 7.56. The van der Waals surface area contributed by atoms with Crippen molar-refractivity contribution in [1.82, 2.24) is 10.2 Å². The Balaban J connectivity index is 2.01. The molecule has 0 unspecified atom stereocenters. The number of halogens is 1. The van der Waals surface area contributed by atoms with Crippen molar-refractivity contribution in [3.63, 3.8) is 0 Å². The van der Waals surface area contributed by atoms with E-state index < -0.39 is 0 Å². The highest BCUT2D eigenvalue weighted by Gasteiger charge is 2.17. The Kier molecular flexibility index (Phi) is 5.66. The van der Waals surface area contributed by atoms with E-state index in [0.717, 1.165) is 25.7 Å². The van der Waals surface area contributed by atoms with Gasteiger partial charge in [-0.15, -0.1) is 0 Å². The van der Waals surface area contributed by atoms with Crippen LogP contribution in [0.3, 0.4) is 0 Å². The van der Waals surface area contributed by atoms with E-state index in [1.54, 1.807) is 32.3 Å². The van der Waals surface area contributed by atoms with Gasteiger partial charge in [0.1, 0.15) is 0 Å². The summed E-state index contributed by atoms with van der Waals surface area (Å²) in [5.41, 5.74) is 0.935. The maximum absolute atomic E-state index is 12.0. The molecule has 1 saturated carbocycles. The molecular formula is C16H22ClN3O2. The van der Waals surface area contributed by atoms with Crippen LogP contribution in [0.4, 0.5) is 10.5 Å². The number of anilines is 1. The lowest BCUT2D eigenvalue weighted by atomic mass is 9.96. The Morgan fingerprint density at radius 3 is 2.50 bits per heavy atom. The summed E-state index contributed by atoms with van der Waals surface area (Å²) >= 11 is 6.05. The topological polar surface area (TPSA) is 61.4 Å². The Labute approximate surface area is 136 Å². The van der Waals surface area contributed by atoms with E-state index in [1.807, 2.05) is 0 Å². The highest BCUT2D eigenvalue weighted by molar-refractivity contribution is 6.34. The van der Waals surface area contributed by atoms with E-state index in [9.17, 15) is 9.59 Å². The molecule has 1 aliphatic carbocycles. The molecule has 6 heteroatoms. The van der Waals surface area contributed by atoms with Gasteiger partial charge in [0.15, 0.2) is 0 Å². The van der Waals surface area contributed by atoms with Gasteiger partial charge in [-0.25, -0.2) is 4.79 Å². The van der Waals surface area contributed by atoms with Crippen LogP contribution in [0.5, 0.6) is 0 Å². The summed E-state index contributed by atoms with van der Waals surface area (Å²) in [6.07, 6.45) is 5.62. The largest absolute Gasteiger partial charge is 0.345 e. The zero-order valence-corrected chi connectivity index (χ0v) is 13.7. The Morgan fingerprint density at radius 1 is 1.18 bits per heavy atom. The molecule has 1 fully saturated rings. The van der Waals surface area contributed by atoms with Crippen molar-refractivity contribution in [2.24, 2.45) is 0 Å². The summed E-state index contributed by atoms with van der Waals surface area (Å²) < 4.78 is 0. The maximum atomic E-state index is 12.0. The van der Waals surface area contributed by atoms with Gasteiger partial charge in [-0.3, -0.25) is 4.79 Å². The van der Waals surface area contributed by atoms with Crippen molar-refractivity contribution in [3.05, 3.63) is 28.8 Å². The molecule has 120 valence electrons. The normalized spacial score (nSPS) is 15.2. The molecule has 0 spiro atoms. The van der Waals surface area contributed by atoms with Crippen LogP contribution in [0.25, 0.3) is 0 Å². The lowest BCUT2D eigenvalue weighted by Gasteiger charge is -2.23. The number of hydrogen-bond donors (Lipinski definition) is 2. The minimum atomic E-state index is -0.238. The number of nitrogens with one attached hydrogen (secondary N) is 2. The molecule has 0 heterocycles. The van der Waals surface area contributed by atoms with Crippen molar-refractivity contribution in [2.75, 3.05) is 19.4 Å². The first-order valence-corrected chi connectivity index (χ1v) is 7.94. The van der Waals surface area contributed by atoms with Gasteiger partial charge in [0.05, 0.1) is 10.6 Å². The number of nitrogens with zero attached hydrogens (tertiary/aromatic N) is 1. The number of amides is 3. The van der Waals surface area contributed by atoms with Gasteiger partial charge in [-0.2, -0.15) is 0 Å². The number of hydrogen-bond acceptors (Lipinski definition) is 2. The van der Waals surface area contributed by atoms with Crippen molar-refractivity contribution in [3.8, 4) is 0 Å². The molecule has 0 atom stereocenters.